The van der Waals surface area contributed by atoms with Crippen molar-refractivity contribution in [3.63, 3.8) is 0 Å². The molecule has 0 aliphatic carbocycles. The molecule has 0 bridgehead atoms. The number of phenols is 1. The molecule has 0 radical (unpaired) electrons. The first-order valence-electron chi connectivity index (χ1n) is 5.05. The van der Waals surface area contributed by atoms with E-state index in [2.05, 4.69) is 6.92 Å². The van der Waals surface area contributed by atoms with E-state index in [1.807, 2.05) is 6.92 Å². The van der Waals surface area contributed by atoms with Gasteiger partial charge in [-0.1, -0.05) is 20.3 Å². The molecule has 0 heterocycles. The summed E-state index contributed by atoms with van der Waals surface area (Å²) < 4.78 is 13.2. The van der Waals surface area contributed by atoms with E-state index in [4.69, 9.17) is 0 Å². The van der Waals surface area contributed by atoms with E-state index in [0.717, 1.165) is 18.4 Å². The highest BCUT2D eigenvalue weighted by molar-refractivity contribution is 5.38. The summed E-state index contributed by atoms with van der Waals surface area (Å²) in [5.41, 5.74) is 1.21. The number of benzene rings is 1. The van der Waals surface area contributed by atoms with Gasteiger partial charge in [0.05, 0.1) is 0 Å². The number of halogens is 1. The van der Waals surface area contributed by atoms with Gasteiger partial charge in [-0.25, -0.2) is 4.39 Å². The summed E-state index contributed by atoms with van der Waals surface area (Å²) in [6.45, 7) is 5.74. The second-order valence-corrected chi connectivity index (χ2v) is 3.85. The Morgan fingerprint density at radius 2 is 2.07 bits per heavy atom. The molecule has 14 heavy (non-hydrogen) atoms. The van der Waals surface area contributed by atoms with Crippen molar-refractivity contribution >= 4 is 0 Å². The van der Waals surface area contributed by atoms with Crippen LogP contribution in [-0.4, -0.2) is 5.11 Å². The molecule has 1 aromatic carbocycles. The molecule has 1 unspecified atom stereocenters. The van der Waals surface area contributed by atoms with Crippen molar-refractivity contribution in [3.05, 3.63) is 29.1 Å². The Hall–Kier alpha value is -1.05. The molecule has 78 valence electrons. The fourth-order valence-electron chi connectivity index (χ4n) is 1.66. The van der Waals surface area contributed by atoms with Gasteiger partial charge in [-0.15, -0.1) is 0 Å². The molecule has 0 spiro atoms. The molecule has 0 fully saturated rings. The Labute approximate surface area is 84.6 Å². The van der Waals surface area contributed by atoms with Gasteiger partial charge in [-0.2, -0.15) is 0 Å². The Kier molecular flexibility index (Phi) is 3.50. The number of rotatable bonds is 3. The molecule has 0 aromatic heterocycles. The molecule has 2 heteroatoms. The second kappa shape index (κ2) is 4.45. The van der Waals surface area contributed by atoms with Crippen molar-refractivity contribution in [3.8, 4) is 5.75 Å². The third kappa shape index (κ3) is 2.25. The minimum atomic E-state index is -0.235. The normalized spacial score (nSPS) is 12.9. The third-order valence-corrected chi connectivity index (χ3v) is 2.56. The van der Waals surface area contributed by atoms with Crippen LogP contribution < -0.4 is 0 Å². The van der Waals surface area contributed by atoms with Gasteiger partial charge in [0, 0.05) is 0 Å². The van der Waals surface area contributed by atoms with E-state index in [-0.39, 0.29) is 17.5 Å². The molecule has 0 amide bonds. The summed E-state index contributed by atoms with van der Waals surface area (Å²) >= 11 is 0. The Balaban J connectivity index is 3.02. The van der Waals surface area contributed by atoms with Gasteiger partial charge in [0.1, 0.15) is 11.6 Å². The summed E-state index contributed by atoms with van der Waals surface area (Å²) in [4.78, 5) is 0. The Bertz CT molecular complexity index is 320. The van der Waals surface area contributed by atoms with E-state index < -0.39 is 0 Å². The number of hydrogen-bond acceptors (Lipinski definition) is 1. The van der Waals surface area contributed by atoms with Crippen LogP contribution in [0.2, 0.25) is 0 Å². The van der Waals surface area contributed by atoms with Gasteiger partial charge in [-0.3, -0.25) is 0 Å². The summed E-state index contributed by atoms with van der Waals surface area (Å²) in [6.07, 6.45) is 2.01. The highest BCUT2D eigenvalue weighted by atomic mass is 19.1. The van der Waals surface area contributed by atoms with Crippen LogP contribution >= 0.6 is 0 Å². The van der Waals surface area contributed by atoms with Crippen LogP contribution in [0.4, 0.5) is 4.39 Å². The lowest BCUT2D eigenvalue weighted by Gasteiger charge is -2.13. The van der Waals surface area contributed by atoms with Gasteiger partial charge in [-0.05, 0) is 42.5 Å². The zero-order chi connectivity index (χ0) is 10.7. The number of aromatic hydroxyl groups is 1. The Morgan fingerprint density at radius 3 is 2.64 bits per heavy atom. The van der Waals surface area contributed by atoms with Gasteiger partial charge >= 0.3 is 0 Å². The van der Waals surface area contributed by atoms with E-state index in [0.29, 0.717) is 5.56 Å². The average Bonchev–Trinajstić information content (AvgIpc) is 2.11. The zero-order valence-electron chi connectivity index (χ0n) is 8.97. The van der Waals surface area contributed by atoms with Gasteiger partial charge in [0.15, 0.2) is 0 Å². The highest BCUT2D eigenvalue weighted by Crippen LogP contribution is 2.30. The summed E-state index contributed by atoms with van der Waals surface area (Å²) in [6, 6.07) is 2.95. The lowest BCUT2D eigenvalue weighted by Crippen LogP contribution is -1.96. The first kappa shape index (κ1) is 11.0. The smallest absolute Gasteiger partial charge is 0.126 e. The summed E-state index contributed by atoms with van der Waals surface area (Å²) in [5, 5.41) is 9.65. The molecule has 1 aromatic rings. The molecule has 0 aliphatic rings. The molecule has 1 rings (SSSR count). The van der Waals surface area contributed by atoms with Gasteiger partial charge in [0.2, 0.25) is 0 Å². The van der Waals surface area contributed by atoms with Crippen molar-refractivity contribution in [1.29, 1.82) is 0 Å². The first-order chi connectivity index (χ1) is 6.56. The summed E-state index contributed by atoms with van der Waals surface area (Å²) in [7, 11) is 0. The number of aryl methyl sites for hydroxylation is 1. The van der Waals surface area contributed by atoms with Crippen molar-refractivity contribution in [2.24, 2.45) is 0 Å². The zero-order valence-corrected chi connectivity index (χ0v) is 8.97. The first-order valence-corrected chi connectivity index (χ1v) is 5.05. The van der Waals surface area contributed by atoms with E-state index in [1.165, 1.54) is 12.1 Å². The van der Waals surface area contributed by atoms with Crippen LogP contribution in [0.1, 0.15) is 43.7 Å². The minimum Gasteiger partial charge on any atom is -0.508 e. The molecule has 1 nitrogen and oxygen atoms in total. The molecule has 1 atom stereocenters. The van der Waals surface area contributed by atoms with Crippen molar-refractivity contribution in [2.75, 3.05) is 0 Å². The number of hydrogen-bond donors (Lipinski definition) is 1. The topological polar surface area (TPSA) is 20.2 Å². The molecular weight excluding hydrogens is 179 g/mol. The fourth-order valence-corrected chi connectivity index (χ4v) is 1.66. The quantitative estimate of drug-likeness (QED) is 0.780. The predicted octanol–water partition coefficient (Wildman–Crippen LogP) is 3.74. The predicted molar refractivity (Wildman–Crippen MR) is 56.1 cm³/mol. The maximum absolute atomic E-state index is 13.2. The van der Waals surface area contributed by atoms with Crippen molar-refractivity contribution < 1.29 is 9.50 Å². The van der Waals surface area contributed by atoms with Crippen LogP contribution in [-0.2, 0) is 0 Å². The van der Waals surface area contributed by atoms with Crippen LogP contribution in [0, 0.1) is 12.7 Å². The van der Waals surface area contributed by atoms with E-state index in [9.17, 15) is 9.50 Å². The van der Waals surface area contributed by atoms with Crippen LogP contribution in [0.15, 0.2) is 12.1 Å². The lowest BCUT2D eigenvalue weighted by molar-refractivity contribution is 0.456. The maximum atomic E-state index is 13.2. The molecule has 1 N–H and O–H groups in total. The molecule has 0 saturated heterocycles. The maximum Gasteiger partial charge on any atom is 0.126 e. The van der Waals surface area contributed by atoms with Crippen molar-refractivity contribution in [2.45, 2.75) is 39.5 Å². The van der Waals surface area contributed by atoms with E-state index in [1.54, 1.807) is 6.92 Å². The second-order valence-electron chi connectivity index (χ2n) is 3.85. The van der Waals surface area contributed by atoms with Crippen LogP contribution in [0.3, 0.4) is 0 Å². The van der Waals surface area contributed by atoms with Crippen LogP contribution in [0.5, 0.6) is 5.75 Å². The average molecular weight is 196 g/mol. The summed E-state index contributed by atoms with van der Waals surface area (Å²) in [5.74, 6) is 0.195. The van der Waals surface area contributed by atoms with Gasteiger partial charge in [0.25, 0.3) is 0 Å². The number of phenolic OH excluding ortho intramolecular Hbond substituents is 1. The molecule has 0 aliphatic heterocycles. The Morgan fingerprint density at radius 1 is 1.43 bits per heavy atom. The SMILES string of the molecule is CCCC(C)c1cc(F)c(C)cc1O. The third-order valence-electron chi connectivity index (χ3n) is 2.56. The largest absolute Gasteiger partial charge is 0.508 e. The monoisotopic (exact) mass is 196 g/mol. The fraction of sp³-hybridized carbons (Fsp3) is 0.500. The minimum absolute atomic E-state index is 0.213. The molecular formula is C12H17FO. The molecule has 0 saturated carbocycles. The van der Waals surface area contributed by atoms with E-state index >= 15 is 0 Å². The lowest BCUT2D eigenvalue weighted by atomic mass is 9.94. The highest BCUT2D eigenvalue weighted by Gasteiger charge is 2.12. The standard InChI is InChI=1S/C12H17FO/c1-4-5-8(2)10-7-11(13)9(3)6-12(10)14/h6-8,14H,4-5H2,1-3H3. The van der Waals surface area contributed by atoms with Gasteiger partial charge < -0.3 is 5.11 Å². The van der Waals surface area contributed by atoms with Crippen LogP contribution in [0.25, 0.3) is 0 Å². The van der Waals surface area contributed by atoms with Crippen molar-refractivity contribution in [1.82, 2.24) is 0 Å².